The van der Waals surface area contributed by atoms with Gasteiger partial charge in [0, 0.05) is 15.7 Å². The molecule has 1 unspecified atom stereocenters. The summed E-state index contributed by atoms with van der Waals surface area (Å²) in [6.07, 6.45) is 0. The largest absolute Gasteiger partial charge is 0.450 e. The van der Waals surface area contributed by atoms with Crippen LogP contribution in [-0.4, -0.2) is 17.5 Å². The summed E-state index contributed by atoms with van der Waals surface area (Å²) in [5.74, 6) is -1.10. The number of rotatable bonds is 0. The number of nitrogens with two attached hydrogens (primary N) is 1. The third-order valence-electron chi connectivity index (χ3n) is 4.77. The molecule has 1 aromatic carbocycles. The summed E-state index contributed by atoms with van der Waals surface area (Å²) in [4.78, 5) is 25.8. The molecule has 0 aliphatic carbocycles. The standard InChI is InChI=1S/C17H13BrN4O3/c1-16(2)12-11(14(23)25-16)17(9(6-19)13(20)22-12)8-5-7(18)3-4-10(8)21-15(17)24/h3-5,22H,20H2,1-2H3,(H,21,24). The number of hydrogen-bond donors (Lipinski definition) is 3. The predicted molar refractivity (Wildman–Crippen MR) is 91.6 cm³/mol. The number of benzene rings is 1. The number of nitrogens with one attached hydrogen (secondary N) is 2. The minimum absolute atomic E-state index is 0.0183. The fraction of sp³-hybridized carbons (Fsp3) is 0.235. The minimum atomic E-state index is -1.62. The number of hydrogen-bond acceptors (Lipinski definition) is 6. The first-order chi connectivity index (χ1) is 11.7. The Hall–Kier alpha value is -2.79. The van der Waals surface area contributed by atoms with Crippen molar-refractivity contribution in [3.63, 3.8) is 0 Å². The van der Waals surface area contributed by atoms with Crippen LogP contribution < -0.4 is 16.4 Å². The van der Waals surface area contributed by atoms with E-state index in [9.17, 15) is 14.9 Å². The number of esters is 1. The van der Waals surface area contributed by atoms with Gasteiger partial charge in [0.25, 0.3) is 0 Å². The topological polar surface area (TPSA) is 117 Å². The molecule has 1 spiro atoms. The van der Waals surface area contributed by atoms with Crippen molar-refractivity contribution in [3.05, 3.63) is 50.9 Å². The normalized spacial score (nSPS) is 26.0. The van der Waals surface area contributed by atoms with E-state index in [0.717, 1.165) is 0 Å². The molecule has 7 nitrogen and oxygen atoms in total. The van der Waals surface area contributed by atoms with Gasteiger partial charge in [-0.25, -0.2) is 4.79 Å². The molecule has 25 heavy (non-hydrogen) atoms. The van der Waals surface area contributed by atoms with Crippen molar-refractivity contribution in [2.75, 3.05) is 5.32 Å². The van der Waals surface area contributed by atoms with Crippen LogP contribution >= 0.6 is 15.9 Å². The highest BCUT2D eigenvalue weighted by Gasteiger charge is 2.63. The molecule has 8 heteroatoms. The van der Waals surface area contributed by atoms with Crippen molar-refractivity contribution < 1.29 is 14.3 Å². The number of carbonyl (C=O) groups is 2. The Kier molecular flexibility index (Phi) is 2.92. The highest BCUT2D eigenvalue weighted by atomic mass is 79.9. The summed E-state index contributed by atoms with van der Waals surface area (Å²) < 4.78 is 6.17. The monoisotopic (exact) mass is 400 g/mol. The maximum Gasteiger partial charge on any atom is 0.338 e. The highest BCUT2D eigenvalue weighted by molar-refractivity contribution is 9.10. The van der Waals surface area contributed by atoms with Crippen LogP contribution in [0.4, 0.5) is 5.69 Å². The van der Waals surface area contributed by atoms with Crippen molar-refractivity contribution >= 4 is 33.5 Å². The van der Waals surface area contributed by atoms with Crippen LogP contribution in [0.25, 0.3) is 0 Å². The maximum atomic E-state index is 13.1. The average Bonchev–Trinajstić information content (AvgIpc) is 2.92. The van der Waals surface area contributed by atoms with Crippen LogP contribution in [0, 0.1) is 11.3 Å². The second kappa shape index (κ2) is 4.64. The smallest absolute Gasteiger partial charge is 0.338 e. The quantitative estimate of drug-likeness (QED) is 0.568. The van der Waals surface area contributed by atoms with Crippen molar-refractivity contribution in [1.29, 1.82) is 5.26 Å². The zero-order valence-corrected chi connectivity index (χ0v) is 14.9. The average molecular weight is 401 g/mol. The molecule has 0 saturated carbocycles. The van der Waals surface area contributed by atoms with Crippen LogP contribution in [0.1, 0.15) is 19.4 Å². The maximum absolute atomic E-state index is 13.1. The fourth-order valence-corrected chi connectivity index (χ4v) is 4.09. The van der Waals surface area contributed by atoms with Gasteiger partial charge in [-0.05, 0) is 32.0 Å². The van der Waals surface area contributed by atoms with E-state index < -0.39 is 22.9 Å². The lowest BCUT2D eigenvalue weighted by Crippen LogP contribution is -2.48. The molecule has 3 aliphatic heterocycles. The number of halogens is 1. The lowest BCUT2D eigenvalue weighted by molar-refractivity contribution is -0.145. The number of ether oxygens (including phenoxy) is 1. The fourth-order valence-electron chi connectivity index (χ4n) is 3.73. The van der Waals surface area contributed by atoms with Gasteiger partial charge in [0.05, 0.1) is 16.8 Å². The van der Waals surface area contributed by atoms with Gasteiger partial charge < -0.3 is 21.1 Å². The van der Waals surface area contributed by atoms with Gasteiger partial charge in [0.1, 0.15) is 22.9 Å². The molecule has 3 aliphatic rings. The van der Waals surface area contributed by atoms with Crippen molar-refractivity contribution in [2.24, 2.45) is 5.73 Å². The lowest BCUT2D eigenvalue weighted by Gasteiger charge is -2.34. The lowest BCUT2D eigenvalue weighted by atomic mass is 9.67. The molecular formula is C17H13BrN4O3. The van der Waals surface area contributed by atoms with Gasteiger partial charge in [0.15, 0.2) is 0 Å². The van der Waals surface area contributed by atoms with E-state index in [1.807, 2.05) is 6.07 Å². The first-order valence-corrected chi connectivity index (χ1v) is 8.30. The number of anilines is 1. The van der Waals surface area contributed by atoms with Crippen LogP contribution in [-0.2, 0) is 19.7 Å². The molecule has 4 rings (SSSR count). The Labute approximate surface area is 151 Å². The van der Waals surface area contributed by atoms with E-state index in [1.54, 1.807) is 32.0 Å². The summed E-state index contributed by atoms with van der Waals surface area (Å²) >= 11 is 3.38. The first-order valence-electron chi connectivity index (χ1n) is 7.51. The number of nitrogens with zero attached hydrogens (tertiary/aromatic N) is 1. The molecule has 1 amide bonds. The van der Waals surface area contributed by atoms with Gasteiger partial charge in [0.2, 0.25) is 5.91 Å². The second-order valence-electron chi connectivity index (χ2n) is 6.57. The SMILES string of the molecule is CC1(C)OC(=O)C2=C1NC(N)=C(C#N)C21C(=O)Nc2ccc(Br)cc21. The third-order valence-corrected chi connectivity index (χ3v) is 5.26. The first kappa shape index (κ1) is 15.7. The van der Waals surface area contributed by atoms with Crippen molar-refractivity contribution in [3.8, 4) is 6.07 Å². The van der Waals surface area contributed by atoms with E-state index in [2.05, 4.69) is 26.6 Å². The molecule has 0 radical (unpaired) electrons. The third kappa shape index (κ3) is 1.73. The van der Waals surface area contributed by atoms with Crippen LogP contribution in [0.15, 0.2) is 45.3 Å². The molecule has 0 bridgehead atoms. The van der Waals surface area contributed by atoms with Gasteiger partial charge in [-0.1, -0.05) is 15.9 Å². The van der Waals surface area contributed by atoms with Gasteiger partial charge in [-0.2, -0.15) is 5.26 Å². The van der Waals surface area contributed by atoms with Crippen molar-refractivity contribution in [2.45, 2.75) is 24.9 Å². The highest BCUT2D eigenvalue weighted by Crippen LogP contribution is 2.54. The predicted octanol–water partition coefficient (Wildman–Crippen LogP) is 1.53. The summed E-state index contributed by atoms with van der Waals surface area (Å²) in [6.45, 7) is 3.40. The minimum Gasteiger partial charge on any atom is -0.450 e. The molecule has 126 valence electrons. The summed E-state index contributed by atoms with van der Waals surface area (Å²) in [7, 11) is 0. The van der Waals surface area contributed by atoms with E-state index in [0.29, 0.717) is 21.4 Å². The zero-order valence-electron chi connectivity index (χ0n) is 13.4. The summed E-state index contributed by atoms with van der Waals surface area (Å²) in [6, 6.07) is 7.21. The Morgan fingerprint density at radius 3 is 2.68 bits per heavy atom. The molecule has 0 fully saturated rings. The number of nitriles is 1. The Bertz CT molecular complexity index is 986. The Morgan fingerprint density at radius 2 is 2.00 bits per heavy atom. The van der Waals surface area contributed by atoms with Gasteiger partial charge in [-0.15, -0.1) is 0 Å². The van der Waals surface area contributed by atoms with E-state index in [-0.39, 0.29) is 17.0 Å². The summed E-state index contributed by atoms with van der Waals surface area (Å²) in [5.41, 5.74) is 4.98. The van der Waals surface area contributed by atoms with Gasteiger partial charge in [-0.3, -0.25) is 4.79 Å². The zero-order chi connectivity index (χ0) is 18.1. The number of dihydropyridines is 1. The Balaban J connectivity index is 2.16. The van der Waals surface area contributed by atoms with Crippen LogP contribution in [0.3, 0.4) is 0 Å². The van der Waals surface area contributed by atoms with Crippen LogP contribution in [0.2, 0.25) is 0 Å². The number of amides is 1. The summed E-state index contributed by atoms with van der Waals surface area (Å²) in [5, 5.41) is 15.4. The molecule has 3 heterocycles. The molecular weight excluding hydrogens is 388 g/mol. The van der Waals surface area contributed by atoms with E-state index >= 15 is 0 Å². The van der Waals surface area contributed by atoms with Crippen molar-refractivity contribution in [1.82, 2.24) is 5.32 Å². The van der Waals surface area contributed by atoms with E-state index in [4.69, 9.17) is 10.5 Å². The molecule has 1 atom stereocenters. The number of carbonyl (C=O) groups excluding carboxylic acids is 2. The van der Waals surface area contributed by atoms with E-state index in [1.165, 1.54) is 0 Å². The Morgan fingerprint density at radius 1 is 1.28 bits per heavy atom. The number of cyclic esters (lactones) is 1. The van der Waals surface area contributed by atoms with Gasteiger partial charge >= 0.3 is 5.97 Å². The molecule has 4 N–H and O–H groups in total. The molecule has 0 aromatic heterocycles. The van der Waals surface area contributed by atoms with Crippen LogP contribution in [0.5, 0.6) is 0 Å². The molecule has 0 saturated heterocycles. The molecule has 1 aromatic rings. The number of fused-ring (bicyclic) bond motifs is 3. The second-order valence-corrected chi connectivity index (χ2v) is 7.49.